The second kappa shape index (κ2) is 28.5. The predicted molar refractivity (Wildman–Crippen MR) is 328 cm³/mol. The Hall–Kier alpha value is -8.62. The highest BCUT2D eigenvalue weighted by Gasteiger charge is 2.48. The smallest absolute Gasteiger partial charge is 0.251 e. The molecule has 0 radical (unpaired) electrons. The predicted octanol–water partition coefficient (Wildman–Crippen LogP) is 5.19. The minimum Gasteiger partial charge on any atom is -0.497 e. The van der Waals surface area contributed by atoms with Crippen LogP contribution in [0.3, 0.4) is 0 Å². The maximum Gasteiger partial charge on any atom is 0.251 e. The molecule has 458 valence electrons. The standard InChI is InChI=1S/C66H84N10O10/c1-39(67-9)57(77)73-55(65(3,4)5)63(83)75-37-47(35-51(75)61(81)71-53(41-19-15-13-16-20-41)43-27-31-49(85-11)32-28-43)69-59(79)45-23-25-46(26-24-45)60(80)70-48-36-52(76(38-48)64(84)56(66(6,7)8)74-58(78)40(2)68-10)62(82)72-54(42-21-17-14-18-22-42)44-29-33-50(86-12)34-30-44/h13-34,39-40,47-48,51-56,67-68H,35-38H2,1-12H3,(H,69,79)(H,70,80)(H,71,81)(H,72,82)(H,73,77)(H,74,78)/t39-,40-,47-,48-,51-,52-,53+,54+,55+,56+/m0/s1. The Kier molecular flexibility index (Phi) is 21.5. The minimum atomic E-state index is -1.07. The van der Waals surface area contributed by atoms with Crippen LogP contribution in [0.5, 0.6) is 11.5 Å². The average Bonchev–Trinajstić information content (AvgIpc) is 2.93. The summed E-state index contributed by atoms with van der Waals surface area (Å²) in [6, 6.07) is 31.2. The lowest BCUT2D eigenvalue weighted by atomic mass is 9.85. The van der Waals surface area contributed by atoms with Crippen molar-refractivity contribution < 1.29 is 47.8 Å². The fraction of sp³-hybridized carbons (Fsp3) is 0.424. The number of hydrogen-bond acceptors (Lipinski definition) is 12. The van der Waals surface area contributed by atoms with E-state index in [0.29, 0.717) is 11.5 Å². The van der Waals surface area contributed by atoms with Crippen LogP contribution in [0.4, 0.5) is 0 Å². The van der Waals surface area contributed by atoms with Gasteiger partial charge in [0.1, 0.15) is 35.7 Å². The fourth-order valence-electron chi connectivity index (χ4n) is 10.7. The first kappa shape index (κ1) is 64.9. The number of ether oxygens (including phenoxy) is 2. The van der Waals surface area contributed by atoms with E-state index in [0.717, 1.165) is 22.3 Å². The van der Waals surface area contributed by atoms with Crippen LogP contribution in [0.25, 0.3) is 0 Å². The van der Waals surface area contributed by atoms with Crippen LogP contribution in [0.1, 0.15) is 123 Å². The zero-order valence-corrected chi connectivity index (χ0v) is 51.3. The topological polar surface area (TPSA) is 258 Å². The summed E-state index contributed by atoms with van der Waals surface area (Å²) in [6.07, 6.45) is 0.0792. The number of rotatable bonds is 22. The Balaban J connectivity index is 1.11. The molecule has 0 bridgehead atoms. The first-order valence-corrected chi connectivity index (χ1v) is 29.1. The molecule has 10 atom stereocenters. The van der Waals surface area contributed by atoms with Crippen molar-refractivity contribution in [3.63, 3.8) is 0 Å². The second-order valence-electron chi connectivity index (χ2n) is 24.3. The van der Waals surface area contributed by atoms with Gasteiger partial charge in [0.15, 0.2) is 0 Å². The number of hydrogen-bond donors (Lipinski definition) is 8. The van der Waals surface area contributed by atoms with Crippen LogP contribution in [-0.4, -0.2) is 147 Å². The molecule has 0 aromatic heterocycles. The van der Waals surface area contributed by atoms with Gasteiger partial charge in [-0.25, -0.2) is 0 Å². The van der Waals surface area contributed by atoms with Gasteiger partial charge in [0, 0.05) is 36.3 Å². The summed E-state index contributed by atoms with van der Waals surface area (Å²) < 4.78 is 10.8. The molecule has 0 unspecified atom stereocenters. The molecule has 20 heteroatoms. The SMILES string of the molecule is CN[C@@H](C)C(=O)N[C@H](C(=O)N1C[C@@H](NC(=O)c2ccc(C(=O)N[C@H]3C[C@@H](C(=O)N[C@H](c4ccccc4)c4ccc(OC)cc4)N(C(=O)[C@@H](NC(=O)[C@H](C)NC)C(C)(C)C)C3)cc2)C[C@H]1C(=O)N[C@H](c1ccccc1)c1ccc(OC)cc1)C(C)(C)C. The highest BCUT2D eigenvalue weighted by Crippen LogP contribution is 2.32. The van der Waals surface area contributed by atoms with Gasteiger partial charge in [0.05, 0.1) is 38.4 Å². The van der Waals surface area contributed by atoms with Crippen LogP contribution >= 0.6 is 0 Å². The molecular weight excluding hydrogens is 1090 g/mol. The van der Waals surface area contributed by atoms with Gasteiger partial charge in [-0.1, -0.05) is 126 Å². The Morgan fingerprint density at radius 1 is 0.453 bits per heavy atom. The van der Waals surface area contributed by atoms with Gasteiger partial charge in [-0.3, -0.25) is 38.4 Å². The van der Waals surface area contributed by atoms with Crippen molar-refractivity contribution in [2.24, 2.45) is 10.8 Å². The van der Waals surface area contributed by atoms with Gasteiger partial charge >= 0.3 is 0 Å². The Bertz CT molecular complexity index is 2960. The number of nitrogens with one attached hydrogen (secondary N) is 8. The summed E-state index contributed by atoms with van der Waals surface area (Å²) in [5, 5.41) is 24.1. The molecule has 2 aliphatic rings. The van der Waals surface area contributed by atoms with Gasteiger partial charge < -0.3 is 61.8 Å². The molecule has 8 N–H and O–H groups in total. The lowest BCUT2D eigenvalue weighted by molar-refractivity contribution is -0.144. The summed E-state index contributed by atoms with van der Waals surface area (Å²) >= 11 is 0. The zero-order valence-electron chi connectivity index (χ0n) is 51.3. The molecule has 5 aromatic rings. The molecule has 2 aliphatic heterocycles. The van der Waals surface area contributed by atoms with Crippen LogP contribution in [-0.2, 0) is 28.8 Å². The summed E-state index contributed by atoms with van der Waals surface area (Å²) in [7, 11) is 6.42. The van der Waals surface area contributed by atoms with E-state index in [9.17, 15) is 38.4 Å². The third-order valence-corrected chi connectivity index (χ3v) is 16.0. The monoisotopic (exact) mass is 1180 g/mol. The summed E-state index contributed by atoms with van der Waals surface area (Å²) in [5.74, 6) is -2.49. The number of amides is 8. The van der Waals surface area contributed by atoms with Crippen molar-refractivity contribution in [2.45, 2.75) is 129 Å². The molecule has 2 saturated heterocycles. The third-order valence-electron chi connectivity index (χ3n) is 16.0. The third kappa shape index (κ3) is 16.0. The maximum absolute atomic E-state index is 14.9. The first-order chi connectivity index (χ1) is 40.8. The molecule has 0 saturated carbocycles. The van der Waals surface area contributed by atoms with E-state index in [1.807, 2.05) is 126 Å². The number of carbonyl (C=O) groups is 8. The van der Waals surface area contributed by atoms with Gasteiger partial charge in [-0.15, -0.1) is 0 Å². The number of nitrogens with zero attached hydrogens (tertiary/aromatic N) is 2. The quantitative estimate of drug-likeness (QED) is 0.0446. The van der Waals surface area contributed by atoms with Crippen LogP contribution in [0.2, 0.25) is 0 Å². The number of likely N-dealkylation sites (N-methyl/N-ethyl adjacent to an activating group) is 2. The summed E-state index contributed by atoms with van der Waals surface area (Å²) in [6.45, 7) is 14.2. The van der Waals surface area contributed by atoms with Crippen molar-refractivity contribution in [1.29, 1.82) is 0 Å². The number of likely N-dealkylation sites (tertiary alicyclic amines) is 2. The normalized spacial score (nSPS) is 18.9. The lowest BCUT2D eigenvalue weighted by Crippen LogP contribution is -2.59. The Morgan fingerprint density at radius 2 is 0.767 bits per heavy atom. The minimum absolute atomic E-state index is 0.0396. The Morgan fingerprint density at radius 3 is 1.06 bits per heavy atom. The van der Waals surface area contributed by atoms with Crippen molar-refractivity contribution in [2.75, 3.05) is 41.4 Å². The van der Waals surface area contributed by atoms with E-state index in [-0.39, 0.29) is 37.1 Å². The molecule has 7 rings (SSSR count). The molecule has 5 aromatic carbocycles. The molecule has 2 heterocycles. The van der Waals surface area contributed by atoms with E-state index in [4.69, 9.17) is 9.47 Å². The van der Waals surface area contributed by atoms with Gasteiger partial charge in [-0.05, 0) is 122 Å². The number of methoxy groups -OCH3 is 2. The zero-order chi connectivity index (χ0) is 62.6. The van der Waals surface area contributed by atoms with E-state index < -0.39 is 119 Å². The van der Waals surface area contributed by atoms with Crippen LogP contribution in [0, 0.1) is 10.8 Å². The molecule has 86 heavy (non-hydrogen) atoms. The van der Waals surface area contributed by atoms with Gasteiger partial charge in [0.2, 0.25) is 35.4 Å². The molecule has 2 fully saturated rings. The fourth-order valence-corrected chi connectivity index (χ4v) is 10.7. The average molecular weight is 1180 g/mol. The molecule has 0 aliphatic carbocycles. The van der Waals surface area contributed by atoms with Gasteiger partial charge in [0.25, 0.3) is 11.8 Å². The van der Waals surface area contributed by atoms with Crippen molar-refractivity contribution in [1.82, 2.24) is 52.3 Å². The van der Waals surface area contributed by atoms with E-state index >= 15 is 0 Å². The second-order valence-corrected chi connectivity index (χ2v) is 24.3. The molecule has 0 spiro atoms. The highest BCUT2D eigenvalue weighted by molar-refractivity contribution is 5.99. The highest BCUT2D eigenvalue weighted by atomic mass is 16.5. The van der Waals surface area contributed by atoms with Crippen molar-refractivity contribution >= 4 is 47.3 Å². The van der Waals surface area contributed by atoms with E-state index in [2.05, 4.69) is 42.5 Å². The summed E-state index contributed by atoms with van der Waals surface area (Å²) in [5.41, 5.74) is 1.92. The van der Waals surface area contributed by atoms with Gasteiger partial charge in [-0.2, -0.15) is 0 Å². The van der Waals surface area contributed by atoms with E-state index in [1.54, 1.807) is 66.4 Å². The molecular formula is C66H84N10O10. The molecule has 8 amide bonds. The largest absolute Gasteiger partial charge is 0.497 e. The van der Waals surface area contributed by atoms with Crippen molar-refractivity contribution in [3.8, 4) is 11.5 Å². The van der Waals surface area contributed by atoms with Crippen molar-refractivity contribution in [3.05, 3.63) is 167 Å². The number of benzene rings is 5. The summed E-state index contributed by atoms with van der Waals surface area (Å²) in [4.78, 5) is 117. The Labute approximate surface area is 504 Å². The number of carbonyl (C=O) groups excluding carboxylic acids is 8. The van der Waals surface area contributed by atoms with Crippen LogP contribution in [0.15, 0.2) is 133 Å². The first-order valence-electron chi connectivity index (χ1n) is 29.1. The van der Waals surface area contributed by atoms with E-state index in [1.165, 1.54) is 34.1 Å². The lowest BCUT2D eigenvalue weighted by Gasteiger charge is -2.36. The maximum atomic E-state index is 14.9. The molecule has 20 nitrogen and oxygen atoms in total. The van der Waals surface area contributed by atoms with Crippen LogP contribution < -0.4 is 52.0 Å².